The fraction of sp³-hybridized carbons (Fsp3) is 0.615. The van der Waals surface area contributed by atoms with Gasteiger partial charge in [-0.1, -0.05) is 0 Å². The Labute approximate surface area is 138 Å². The fourth-order valence-electron chi connectivity index (χ4n) is 2.02. The third kappa shape index (κ3) is 5.00. The van der Waals surface area contributed by atoms with Crippen LogP contribution in [0.4, 0.5) is 13.2 Å². The Morgan fingerprint density at radius 1 is 1.45 bits per heavy atom. The predicted octanol–water partition coefficient (Wildman–Crippen LogP) is 3.43. The second kappa shape index (κ2) is 7.37. The van der Waals surface area contributed by atoms with Gasteiger partial charge >= 0.3 is 6.18 Å². The molecule has 0 spiro atoms. The van der Waals surface area contributed by atoms with E-state index in [9.17, 15) is 17.4 Å². The highest BCUT2D eigenvalue weighted by Gasteiger charge is 2.46. The molecular formula is C13H18BrF3N2O2S. The number of rotatable bonds is 6. The summed E-state index contributed by atoms with van der Waals surface area (Å²) in [6, 6.07) is 1.54. The smallest absolute Gasteiger partial charge is 0.380 e. The number of ether oxygens (including phenoxy) is 1. The molecule has 0 aliphatic heterocycles. The molecule has 9 heteroatoms. The highest BCUT2D eigenvalue weighted by atomic mass is 79.9. The summed E-state index contributed by atoms with van der Waals surface area (Å²) < 4.78 is 56.3. The predicted molar refractivity (Wildman–Crippen MR) is 82.5 cm³/mol. The minimum atomic E-state index is -4.53. The van der Waals surface area contributed by atoms with E-state index in [-0.39, 0.29) is 12.3 Å². The van der Waals surface area contributed by atoms with Crippen LogP contribution in [0.3, 0.4) is 0 Å². The van der Waals surface area contributed by atoms with Gasteiger partial charge in [0.25, 0.3) is 0 Å². The number of aromatic nitrogens is 1. The second-order valence-corrected chi connectivity index (χ2v) is 8.10. The molecule has 0 bridgehead atoms. The highest BCUT2D eigenvalue weighted by Crippen LogP contribution is 2.42. The molecule has 0 radical (unpaired) electrons. The molecule has 1 unspecified atom stereocenters. The Hall–Kier alpha value is -0.510. The lowest BCUT2D eigenvalue weighted by Crippen LogP contribution is -2.37. The molecule has 0 fully saturated rings. The van der Waals surface area contributed by atoms with Gasteiger partial charge in [0.2, 0.25) is 0 Å². The Kier molecular flexibility index (Phi) is 6.55. The first-order chi connectivity index (χ1) is 9.99. The second-order valence-electron chi connectivity index (χ2n) is 5.49. The van der Waals surface area contributed by atoms with Gasteiger partial charge in [-0.15, -0.1) is 0 Å². The summed E-state index contributed by atoms with van der Waals surface area (Å²) in [7, 11) is -0.493. The summed E-state index contributed by atoms with van der Waals surface area (Å²) in [5.74, 6) is -1.87. The van der Waals surface area contributed by atoms with Gasteiger partial charge in [-0.2, -0.15) is 13.2 Å². The Balaban J connectivity index is 3.32. The number of nitrogens with two attached hydrogens (primary N) is 1. The normalized spacial score (nSPS) is 15.6. The lowest BCUT2D eigenvalue weighted by Gasteiger charge is -2.29. The molecule has 0 aromatic carbocycles. The van der Waals surface area contributed by atoms with E-state index in [0.717, 1.165) is 0 Å². The minimum Gasteiger partial charge on any atom is -0.380 e. The van der Waals surface area contributed by atoms with E-state index in [4.69, 9.17) is 9.88 Å². The van der Waals surface area contributed by atoms with Crippen LogP contribution in [0.15, 0.2) is 16.7 Å². The Morgan fingerprint density at radius 2 is 2.05 bits per heavy atom. The molecule has 0 amide bonds. The zero-order valence-electron chi connectivity index (χ0n) is 12.4. The molecule has 1 heterocycles. The van der Waals surface area contributed by atoms with Gasteiger partial charge in [0, 0.05) is 23.3 Å². The molecule has 1 aromatic heterocycles. The topological polar surface area (TPSA) is 65.2 Å². The maximum absolute atomic E-state index is 13.5. The highest BCUT2D eigenvalue weighted by molar-refractivity contribution is 9.10. The van der Waals surface area contributed by atoms with Crippen molar-refractivity contribution in [2.24, 2.45) is 5.14 Å². The summed E-state index contributed by atoms with van der Waals surface area (Å²) in [4.78, 5) is 3.92. The quantitative estimate of drug-likeness (QED) is 0.792. The van der Waals surface area contributed by atoms with E-state index in [1.54, 1.807) is 0 Å². The molecule has 0 aliphatic carbocycles. The minimum absolute atomic E-state index is 0.000492. The molecule has 0 saturated carbocycles. The lowest BCUT2D eigenvalue weighted by atomic mass is 9.90. The number of hydrogen-bond acceptors (Lipinski definition) is 3. The van der Waals surface area contributed by atoms with Crippen LogP contribution in [0, 0.1) is 0 Å². The maximum atomic E-state index is 13.5. The van der Waals surface area contributed by atoms with Crippen molar-refractivity contribution >= 4 is 26.9 Å². The number of nitrogens with zero attached hydrogens (tertiary/aromatic N) is 1. The monoisotopic (exact) mass is 402 g/mol. The van der Waals surface area contributed by atoms with E-state index in [1.165, 1.54) is 33.2 Å². The van der Waals surface area contributed by atoms with Crippen LogP contribution in [-0.4, -0.2) is 27.2 Å². The van der Waals surface area contributed by atoms with Crippen molar-refractivity contribution in [3.63, 3.8) is 0 Å². The summed E-state index contributed by atoms with van der Waals surface area (Å²) in [5, 5.41) is 5.31. The van der Waals surface area contributed by atoms with Crippen molar-refractivity contribution in [3.8, 4) is 0 Å². The van der Waals surface area contributed by atoms with Crippen molar-refractivity contribution in [3.05, 3.63) is 28.0 Å². The zero-order valence-corrected chi connectivity index (χ0v) is 14.8. The van der Waals surface area contributed by atoms with Crippen LogP contribution in [0.2, 0.25) is 0 Å². The van der Waals surface area contributed by atoms with Gasteiger partial charge in [-0.3, -0.25) is 10.1 Å². The summed E-state index contributed by atoms with van der Waals surface area (Å²) in [5.41, 5.74) is 0.203. The third-order valence-corrected chi connectivity index (χ3v) is 4.92. The first-order valence-electron chi connectivity index (χ1n) is 6.35. The Morgan fingerprint density at radius 3 is 2.50 bits per heavy atom. The summed E-state index contributed by atoms with van der Waals surface area (Å²) >= 11 is 3.18. The largest absolute Gasteiger partial charge is 0.397 e. The molecular weight excluding hydrogens is 385 g/mol. The van der Waals surface area contributed by atoms with Gasteiger partial charge in [-0.05, 0) is 42.3 Å². The standard InChI is InChI=1S/C13H18BrF3N2O2S/c1-12(2,22(18)20)5-10(13(15,16)17)11-8(7-21-3)4-9(14)6-19-11/h4,6,10H,5,7,18H2,1-3H3/t10-,22?/m1/s1. The van der Waals surface area contributed by atoms with Gasteiger partial charge in [0.15, 0.2) is 0 Å². The van der Waals surface area contributed by atoms with E-state index < -0.39 is 34.2 Å². The van der Waals surface area contributed by atoms with Crippen molar-refractivity contribution in [1.82, 2.24) is 4.98 Å². The number of halogens is 4. The van der Waals surface area contributed by atoms with Gasteiger partial charge < -0.3 is 4.74 Å². The third-order valence-electron chi connectivity index (χ3n) is 3.23. The average Bonchev–Trinajstić information content (AvgIpc) is 2.36. The van der Waals surface area contributed by atoms with E-state index in [2.05, 4.69) is 20.9 Å². The van der Waals surface area contributed by atoms with E-state index in [0.29, 0.717) is 10.0 Å². The summed E-state index contributed by atoms with van der Waals surface area (Å²) in [6.45, 7) is 2.88. The summed E-state index contributed by atoms with van der Waals surface area (Å²) in [6.07, 6.45) is -3.65. The first kappa shape index (κ1) is 19.5. The van der Waals surface area contributed by atoms with Crippen LogP contribution in [0.1, 0.15) is 37.4 Å². The van der Waals surface area contributed by atoms with E-state index >= 15 is 0 Å². The van der Waals surface area contributed by atoms with Crippen LogP contribution < -0.4 is 5.14 Å². The van der Waals surface area contributed by atoms with Crippen LogP contribution >= 0.6 is 15.9 Å². The molecule has 22 heavy (non-hydrogen) atoms. The van der Waals surface area contributed by atoms with Crippen LogP contribution in [-0.2, 0) is 22.3 Å². The molecule has 0 aliphatic rings. The van der Waals surface area contributed by atoms with Crippen molar-refractivity contribution in [2.75, 3.05) is 7.11 Å². The molecule has 0 saturated heterocycles. The number of methoxy groups -OCH3 is 1. The SMILES string of the molecule is COCc1cc(Br)cnc1[C@@H](CC(C)(C)S(N)=O)C(F)(F)F. The number of hydrogen-bond donors (Lipinski definition) is 1. The Bertz CT molecular complexity index is 553. The van der Waals surface area contributed by atoms with Crippen LogP contribution in [0.5, 0.6) is 0 Å². The fourth-order valence-corrected chi connectivity index (χ4v) is 2.73. The van der Waals surface area contributed by atoms with Gasteiger partial charge in [0.05, 0.1) is 34.0 Å². The molecule has 4 nitrogen and oxygen atoms in total. The van der Waals surface area contributed by atoms with Crippen molar-refractivity contribution in [2.45, 2.75) is 43.7 Å². The zero-order chi connectivity index (χ0) is 17.1. The number of pyridine rings is 1. The molecule has 2 atom stereocenters. The van der Waals surface area contributed by atoms with Crippen LogP contribution in [0.25, 0.3) is 0 Å². The average molecular weight is 403 g/mol. The lowest BCUT2D eigenvalue weighted by molar-refractivity contribution is -0.154. The maximum Gasteiger partial charge on any atom is 0.397 e. The van der Waals surface area contributed by atoms with Crippen molar-refractivity contribution < 1.29 is 22.1 Å². The molecule has 126 valence electrons. The molecule has 2 N–H and O–H groups in total. The first-order valence-corrected chi connectivity index (χ1v) is 8.36. The van der Waals surface area contributed by atoms with E-state index in [1.807, 2.05) is 0 Å². The van der Waals surface area contributed by atoms with Gasteiger partial charge in [0.1, 0.15) is 0 Å². The number of alkyl halides is 3. The molecule has 1 aromatic rings. The van der Waals surface area contributed by atoms with Gasteiger partial charge in [-0.25, -0.2) is 4.21 Å². The molecule has 1 rings (SSSR count). The van der Waals surface area contributed by atoms with Crippen molar-refractivity contribution in [1.29, 1.82) is 0 Å².